The molecule has 4 heteroatoms. The number of hydrogen-bond donors (Lipinski definition) is 0. The van der Waals surface area contributed by atoms with E-state index >= 15 is 0 Å². The van der Waals surface area contributed by atoms with E-state index in [0.29, 0.717) is 12.3 Å². The summed E-state index contributed by atoms with van der Waals surface area (Å²) in [6.07, 6.45) is 9.38. The van der Waals surface area contributed by atoms with E-state index < -0.39 is 0 Å². The molecular formula is C19H23N3O. The molecule has 1 aliphatic carbocycles. The van der Waals surface area contributed by atoms with Gasteiger partial charge in [0.2, 0.25) is 5.91 Å². The second-order valence-electron chi connectivity index (χ2n) is 6.73. The third-order valence-electron chi connectivity index (χ3n) is 5.24. The molecule has 1 amide bonds. The molecule has 0 saturated carbocycles. The van der Waals surface area contributed by atoms with Crippen LogP contribution in [0.2, 0.25) is 0 Å². The number of aryl methyl sites for hydroxylation is 1. The highest BCUT2D eigenvalue weighted by Crippen LogP contribution is 2.34. The molecule has 120 valence electrons. The molecule has 1 aliphatic heterocycles. The lowest BCUT2D eigenvalue weighted by Crippen LogP contribution is -2.32. The first kappa shape index (κ1) is 14.5. The standard InChI is InChI=1S/C19H23N3O/c1-21-16-10-5-4-9-15(16)20-19(21)17-11-6-12-22(17)18(23)13-14-7-2-3-8-14/h2,4-5,7,9-10,14,17H,3,6,8,11-13H2,1H3/t14-,17+/m1/s1. The van der Waals surface area contributed by atoms with E-state index in [1.165, 1.54) is 0 Å². The molecule has 4 rings (SSSR count). The Bertz CT molecular complexity index is 761. The van der Waals surface area contributed by atoms with Crippen LogP contribution in [-0.2, 0) is 11.8 Å². The largest absolute Gasteiger partial charge is 0.332 e. The molecule has 23 heavy (non-hydrogen) atoms. The summed E-state index contributed by atoms with van der Waals surface area (Å²) in [5, 5.41) is 0. The first-order chi connectivity index (χ1) is 11.2. The second kappa shape index (κ2) is 5.84. The van der Waals surface area contributed by atoms with Gasteiger partial charge in [0, 0.05) is 20.0 Å². The van der Waals surface area contributed by atoms with Crippen molar-refractivity contribution in [3.63, 3.8) is 0 Å². The minimum Gasteiger partial charge on any atom is -0.332 e. The molecule has 1 aromatic heterocycles. The second-order valence-corrected chi connectivity index (χ2v) is 6.73. The summed E-state index contributed by atoms with van der Waals surface area (Å²) in [6, 6.07) is 8.32. The lowest BCUT2D eigenvalue weighted by Gasteiger charge is -2.25. The van der Waals surface area contributed by atoms with Crippen LogP contribution in [0.15, 0.2) is 36.4 Å². The van der Waals surface area contributed by atoms with E-state index in [-0.39, 0.29) is 11.9 Å². The van der Waals surface area contributed by atoms with Gasteiger partial charge in [0.05, 0.1) is 17.1 Å². The molecule has 2 heterocycles. The molecule has 0 unspecified atom stereocenters. The van der Waals surface area contributed by atoms with E-state index in [0.717, 1.165) is 49.1 Å². The van der Waals surface area contributed by atoms with Crippen LogP contribution in [0, 0.1) is 5.92 Å². The fraction of sp³-hybridized carbons (Fsp3) is 0.474. The minimum absolute atomic E-state index is 0.130. The molecular weight excluding hydrogens is 286 g/mol. The zero-order chi connectivity index (χ0) is 15.8. The summed E-state index contributed by atoms with van der Waals surface area (Å²) in [4.78, 5) is 19.6. The highest BCUT2D eigenvalue weighted by Gasteiger charge is 2.33. The number of fused-ring (bicyclic) bond motifs is 1. The Balaban J connectivity index is 1.60. The van der Waals surface area contributed by atoms with Gasteiger partial charge in [-0.2, -0.15) is 0 Å². The Morgan fingerprint density at radius 2 is 2.17 bits per heavy atom. The zero-order valence-corrected chi connectivity index (χ0v) is 13.6. The molecule has 4 nitrogen and oxygen atoms in total. The number of likely N-dealkylation sites (tertiary alicyclic amines) is 1. The van der Waals surface area contributed by atoms with Gasteiger partial charge in [-0.05, 0) is 43.7 Å². The number of benzene rings is 1. The SMILES string of the molecule is Cn1c([C@@H]2CCCN2C(=O)C[C@@H]2C=CCC2)nc2ccccc21. The maximum atomic E-state index is 12.8. The molecule has 2 atom stereocenters. The molecule has 2 aromatic rings. The van der Waals surface area contributed by atoms with Crippen LogP contribution in [-0.4, -0.2) is 26.9 Å². The van der Waals surface area contributed by atoms with Crippen molar-refractivity contribution < 1.29 is 4.79 Å². The van der Waals surface area contributed by atoms with Crippen LogP contribution in [0.5, 0.6) is 0 Å². The van der Waals surface area contributed by atoms with Gasteiger partial charge in [0.15, 0.2) is 0 Å². The lowest BCUT2D eigenvalue weighted by molar-refractivity contribution is -0.133. The van der Waals surface area contributed by atoms with Gasteiger partial charge in [-0.3, -0.25) is 4.79 Å². The number of aromatic nitrogens is 2. The number of carbonyl (C=O) groups excluding carboxylic acids is 1. The van der Waals surface area contributed by atoms with E-state index in [2.05, 4.69) is 34.7 Å². The molecule has 1 aromatic carbocycles. The van der Waals surface area contributed by atoms with Crippen molar-refractivity contribution >= 4 is 16.9 Å². The zero-order valence-electron chi connectivity index (χ0n) is 13.6. The maximum absolute atomic E-state index is 12.8. The number of allylic oxidation sites excluding steroid dienone is 2. The number of amides is 1. The smallest absolute Gasteiger partial charge is 0.223 e. The van der Waals surface area contributed by atoms with Gasteiger partial charge in [-0.15, -0.1) is 0 Å². The Labute approximate surface area is 136 Å². The number of rotatable bonds is 3. The van der Waals surface area contributed by atoms with E-state index in [9.17, 15) is 4.79 Å². The van der Waals surface area contributed by atoms with E-state index in [1.54, 1.807) is 0 Å². The molecule has 0 spiro atoms. The highest BCUT2D eigenvalue weighted by atomic mass is 16.2. The monoisotopic (exact) mass is 309 g/mol. The molecule has 1 saturated heterocycles. The molecule has 0 N–H and O–H groups in total. The topological polar surface area (TPSA) is 38.1 Å². The van der Waals surface area contributed by atoms with Gasteiger partial charge in [-0.1, -0.05) is 24.3 Å². The van der Waals surface area contributed by atoms with Crippen molar-refractivity contribution in [2.24, 2.45) is 13.0 Å². The van der Waals surface area contributed by atoms with Crippen molar-refractivity contribution in [1.29, 1.82) is 0 Å². The number of nitrogens with zero attached hydrogens (tertiary/aromatic N) is 3. The van der Waals surface area contributed by atoms with Gasteiger partial charge >= 0.3 is 0 Å². The molecule has 0 radical (unpaired) electrons. The molecule has 2 aliphatic rings. The van der Waals surface area contributed by atoms with Gasteiger partial charge in [0.1, 0.15) is 5.82 Å². The summed E-state index contributed by atoms with van der Waals surface area (Å²) < 4.78 is 2.15. The summed E-state index contributed by atoms with van der Waals surface area (Å²) in [5.41, 5.74) is 2.16. The lowest BCUT2D eigenvalue weighted by atomic mass is 10.0. The fourth-order valence-electron chi connectivity index (χ4n) is 4.00. The van der Waals surface area contributed by atoms with E-state index in [1.807, 2.05) is 18.2 Å². The summed E-state index contributed by atoms with van der Waals surface area (Å²) in [5.74, 6) is 1.75. The highest BCUT2D eigenvalue weighted by molar-refractivity contribution is 5.79. The Kier molecular flexibility index (Phi) is 3.68. The van der Waals surface area contributed by atoms with E-state index in [4.69, 9.17) is 4.98 Å². The fourth-order valence-corrected chi connectivity index (χ4v) is 4.00. The predicted molar refractivity (Wildman–Crippen MR) is 90.9 cm³/mol. The summed E-state index contributed by atoms with van der Waals surface area (Å²) in [7, 11) is 2.06. The maximum Gasteiger partial charge on any atom is 0.223 e. The number of para-hydroxylation sites is 2. The van der Waals surface area contributed by atoms with Crippen LogP contribution in [0.1, 0.15) is 44.0 Å². The normalized spacial score (nSPS) is 24.0. The Hall–Kier alpha value is -2.10. The van der Waals surface area contributed by atoms with Crippen LogP contribution < -0.4 is 0 Å². The van der Waals surface area contributed by atoms with Gasteiger partial charge < -0.3 is 9.47 Å². The van der Waals surface area contributed by atoms with Crippen molar-refractivity contribution in [1.82, 2.24) is 14.5 Å². The number of hydrogen-bond acceptors (Lipinski definition) is 2. The van der Waals surface area contributed by atoms with Crippen molar-refractivity contribution in [2.75, 3.05) is 6.54 Å². The summed E-state index contributed by atoms with van der Waals surface area (Å²) >= 11 is 0. The average molecular weight is 309 g/mol. The average Bonchev–Trinajstić information content (AvgIpc) is 3.27. The van der Waals surface area contributed by atoms with Crippen molar-refractivity contribution in [3.8, 4) is 0 Å². The molecule has 0 bridgehead atoms. The quantitative estimate of drug-likeness (QED) is 0.813. The van der Waals surface area contributed by atoms with Gasteiger partial charge in [0.25, 0.3) is 0 Å². The van der Waals surface area contributed by atoms with Crippen LogP contribution >= 0.6 is 0 Å². The summed E-state index contributed by atoms with van der Waals surface area (Å²) in [6.45, 7) is 0.864. The van der Waals surface area contributed by atoms with Crippen LogP contribution in [0.3, 0.4) is 0 Å². The third kappa shape index (κ3) is 2.56. The number of imidazole rings is 1. The van der Waals surface area contributed by atoms with Crippen molar-refractivity contribution in [3.05, 3.63) is 42.2 Å². The minimum atomic E-state index is 0.130. The Morgan fingerprint density at radius 3 is 2.96 bits per heavy atom. The van der Waals surface area contributed by atoms with Crippen LogP contribution in [0.4, 0.5) is 0 Å². The molecule has 1 fully saturated rings. The van der Waals surface area contributed by atoms with Crippen molar-refractivity contribution in [2.45, 2.75) is 38.1 Å². The van der Waals surface area contributed by atoms with Crippen LogP contribution in [0.25, 0.3) is 11.0 Å². The third-order valence-corrected chi connectivity index (χ3v) is 5.24. The first-order valence-corrected chi connectivity index (χ1v) is 8.61. The first-order valence-electron chi connectivity index (χ1n) is 8.61. The number of carbonyl (C=O) groups is 1. The predicted octanol–water partition coefficient (Wildman–Crippen LogP) is 3.59. The Morgan fingerprint density at radius 1 is 1.30 bits per heavy atom. The van der Waals surface area contributed by atoms with Gasteiger partial charge in [-0.25, -0.2) is 4.98 Å².